The van der Waals surface area contributed by atoms with Gasteiger partial charge >= 0.3 is 0 Å². The molecule has 0 fully saturated rings. The monoisotopic (exact) mass is 327 g/mol. The molecule has 0 saturated carbocycles. The SMILES string of the molecule is Fc1cccc(F)c1[CH]c1ccc2oc3ccc(Cl)cc3c2c1. The van der Waals surface area contributed by atoms with Crippen LogP contribution in [0.5, 0.6) is 0 Å². The predicted molar refractivity (Wildman–Crippen MR) is 87.6 cm³/mol. The van der Waals surface area contributed by atoms with Gasteiger partial charge in [0.15, 0.2) is 0 Å². The summed E-state index contributed by atoms with van der Waals surface area (Å²) in [5.41, 5.74) is 2.05. The molecular weight excluding hydrogens is 318 g/mol. The van der Waals surface area contributed by atoms with Crippen molar-refractivity contribution in [2.24, 2.45) is 0 Å². The molecule has 0 aliphatic rings. The van der Waals surface area contributed by atoms with Crippen LogP contribution in [0.3, 0.4) is 0 Å². The van der Waals surface area contributed by atoms with Gasteiger partial charge in [-0.2, -0.15) is 0 Å². The number of fused-ring (bicyclic) bond motifs is 3. The lowest BCUT2D eigenvalue weighted by molar-refractivity contribution is 0.572. The Labute approximate surface area is 136 Å². The Morgan fingerprint density at radius 3 is 2.22 bits per heavy atom. The third-order valence-corrected chi connectivity index (χ3v) is 4.00. The quantitative estimate of drug-likeness (QED) is 0.432. The molecule has 1 nitrogen and oxygen atoms in total. The van der Waals surface area contributed by atoms with Crippen LogP contribution in [0.4, 0.5) is 8.78 Å². The number of halogens is 3. The van der Waals surface area contributed by atoms with E-state index in [0.29, 0.717) is 16.2 Å². The summed E-state index contributed by atoms with van der Waals surface area (Å²) < 4.78 is 33.3. The maximum absolute atomic E-state index is 13.8. The molecule has 0 amide bonds. The first-order chi connectivity index (χ1) is 11.1. The predicted octanol–water partition coefficient (Wildman–Crippen LogP) is 6.12. The van der Waals surface area contributed by atoms with Gasteiger partial charge in [0.25, 0.3) is 0 Å². The molecule has 23 heavy (non-hydrogen) atoms. The number of hydrogen-bond acceptors (Lipinski definition) is 1. The van der Waals surface area contributed by atoms with Crippen molar-refractivity contribution in [1.82, 2.24) is 0 Å². The van der Waals surface area contributed by atoms with Crippen molar-refractivity contribution in [2.75, 3.05) is 0 Å². The van der Waals surface area contributed by atoms with Crippen LogP contribution in [-0.4, -0.2) is 0 Å². The average Bonchev–Trinajstić information content (AvgIpc) is 2.88. The smallest absolute Gasteiger partial charge is 0.135 e. The van der Waals surface area contributed by atoms with Crippen LogP contribution in [0.2, 0.25) is 5.02 Å². The maximum atomic E-state index is 13.8. The number of benzene rings is 3. The molecule has 0 aliphatic carbocycles. The van der Waals surface area contributed by atoms with Gasteiger partial charge in [0.2, 0.25) is 0 Å². The Bertz CT molecular complexity index is 1020. The lowest BCUT2D eigenvalue weighted by Gasteiger charge is -2.04. The van der Waals surface area contributed by atoms with Gasteiger partial charge < -0.3 is 4.42 Å². The Morgan fingerprint density at radius 1 is 0.826 bits per heavy atom. The Kier molecular flexibility index (Phi) is 3.31. The van der Waals surface area contributed by atoms with Gasteiger partial charge in [-0.05, 0) is 48.0 Å². The van der Waals surface area contributed by atoms with E-state index in [1.807, 2.05) is 12.1 Å². The third-order valence-electron chi connectivity index (χ3n) is 3.77. The van der Waals surface area contributed by atoms with Gasteiger partial charge in [-0.25, -0.2) is 8.78 Å². The molecule has 3 aromatic carbocycles. The Hall–Kier alpha value is -2.39. The molecule has 1 aromatic heterocycles. The van der Waals surface area contributed by atoms with Gasteiger partial charge in [-0.3, -0.25) is 0 Å². The molecule has 0 spiro atoms. The highest BCUT2D eigenvalue weighted by Crippen LogP contribution is 2.32. The summed E-state index contributed by atoms with van der Waals surface area (Å²) in [5.74, 6) is -1.18. The Morgan fingerprint density at radius 2 is 1.48 bits per heavy atom. The van der Waals surface area contributed by atoms with Crippen LogP contribution in [0.15, 0.2) is 59.0 Å². The fourth-order valence-electron chi connectivity index (χ4n) is 2.67. The number of furan rings is 1. The van der Waals surface area contributed by atoms with Gasteiger partial charge in [0, 0.05) is 27.8 Å². The first kappa shape index (κ1) is 14.2. The van der Waals surface area contributed by atoms with Crippen LogP contribution >= 0.6 is 11.6 Å². The molecule has 0 N–H and O–H groups in total. The van der Waals surface area contributed by atoms with E-state index in [-0.39, 0.29) is 5.56 Å². The van der Waals surface area contributed by atoms with Crippen LogP contribution in [-0.2, 0) is 0 Å². The second kappa shape index (κ2) is 5.36. The van der Waals surface area contributed by atoms with Crippen molar-refractivity contribution in [1.29, 1.82) is 0 Å². The van der Waals surface area contributed by atoms with Crippen molar-refractivity contribution >= 4 is 33.5 Å². The van der Waals surface area contributed by atoms with E-state index in [9.17, 15) is 8.78 Å². The first-order valence-corrected chi connectivity index (χ1v) is 7.40. The van der Waals surface area contributed by atoms with Crippen molar-refractivity contribution in [3.05, 3.63) is 88.8 Å². The molecule has 0 atom stereocenters. The molecule has 113 valence electrons. The lowest BCUT2D eigenvalue weighted by Crippen LogP contribution is -1.94. The van der Waals surface area contributed by atoms with Crippen LogP contribution in [0.25, 0.3) is 21.9 Å². The summed E-state index contributed by atoms with van der Waals surface area (Å²) in [6.07, 6.45) is 1.48. The van der Waals surface area contributed by atoms with Gasteiger partial charge in [0.1, 0.15) is 22.8 Å². The fourth-order valence-corrected chi connectivity index (χ4v) is 2.84. The van der Waals surface area contributed by atoms with Crippen molar-refractivity contribution in [3.8, 4) is 0 Å². The summed E-state index contributed by atoms with van der Waals surface area (Å²) in [5, 5.41) is 2.33. The minimum Gasteiger partial charge on any atom is -0.456 e. The van der Waals surface area contributed by atoms with Crippen LogP contribution < -0.4 is 0 Å². The standard InChI is InChI=1S/C19H10ClF2O/c20-12-5-7-19-14(10-12)13-8-11(4-6-18(13)23-19)9-15-16(21)2-1-3-17(15)22/h1-10H. The van der Waals surface area contributed by atoms with Gasteiger partial charge in [0.05, 0.1) is 0 Å². The van der Waals surface area contributed by atoms with Crippen LogP contribution in [0, 0.1) is 18.1 Å². The van der Waals surface area contributed by atoms with E-state index >= 15 is 0 Å². The highest BCUT2D eigenvalue weighted by atomic mass is 35.5. The summed E-state index contributed by atoms with van der Waals surface area (Å²) in [6, 6.07) is 14.6. The molecule has 1 heterocycles. The molecule has 4 rings (SSSR count). The first-order valence-electron chi connectivity index (χ1n) is 7.02. The van der Waals surface area contributed by atoms with E-state index in [1.54, 1.807) is 24.3 Å². The van der Waals surface area contributed by atoms with Crippen LogP contribution in [0.1, 0.15) is 11.1 Å². The molecule has 0 saturated heterocycles. The molecule has 0 unspecified atom stereocenters. The summed E-state index contributed by atoms with van der Waals surface area (Å²) in [6.45, 7) is 0. The minimum atomic E-state index is -0.592. The Balaban J connectivity index is 1.85. The second-order valence-corrected chi connectivity index (χ2v) is 5.71. The van der Waals surface area contributed by atoms with E-state index in [0.717, 1.165) is 16.4 Å². The lowest BCUT2D eigenvalue weighted by atomic mass is 10.0. The number of hydrogen-bond donors (Lipinski definition) is 0. The van der Waals surface area contributed by atoms with E-state index in [2.05, 4.69) is 0 Å². The topological polar surface area (TPSA) is 13.1 Å². The van der Waals surface area contributed by atoms with E-state index in [1.165, 1.54) is 24.6 Å². The zero-order chi connectivity index (χ0) is 16.0. The molecule has 4 aromatic rings. The molecule has 0 aliphatic heterocycles. The normalized spacial score (nSPS) is 11.4. The highest BCUT2D eigenvalue weighted by molar-refractivity contribution is 6.31. The largest absolute Gasteiger partial charge is 0.456 e. The molecule has 4 heteroatoms. The van der Waals surface area contributed by atoms with E-state index < -0.39 is 11.6 Å². The number of rotatable bonds is 2. The molecule has 1 radical (unpaired) electrons. The van der Waals surface area contributed by atoms with Gasteiger partial charge in [-0.15, -0.1) is 0 Å². The average molecular weight is 328 g/mol. The zero-order valence-electron chi connectivity index (χ0n) is 11.8. The zero-order valence-corrected chi connectivity index (χ0v) is 12.6. The van der Waals surface area contributed by atoms with Crippen molar-refractivity contribution in [2.45, 2.75) is 0 Å². The maximum Gasteiger partial charge on any atom is 0.135 e. The highest BCUT2D eigenvalue weighted by Gasteiger charge is 2.12. The van der Waals surface area contributed by atoms with Crippen molar-refractivity contribution in [3.63, 3.8) is 0 Å². The third kappa shape index (κ3) is 2.47. The summed E-state index contributed by atoms with van der Waals surface area (Å²) >= 11 is 6.04. The summed E-state index contributed by atoms with van der Waals surface area (Å²) in [4.78, 5) is 0. The fraction of sp³-hybridized carbons (Fsp3) is 0. The summed E-state index contributed by atoms with van der Waals surface area (Å²) in [7, 11) is 0. The molecule has 0 bridgehead atoms. The molecular formula is C19H10ClF2O. The van der Waals surface area contributed by atoms with Crippen molar-refractivity contribution < 1.29 is 13.2 Å². The minimum absolute atomic E-state index is 0.0577. The second-order valence-electron chi connectivity index (χ2n) is 5.28. The van der Waals surface area contributed by atoms with E-state index in [4.69, 9.17) is 16.0 Å². The van der Waals surface area contributed by atoms with Gasteiger partial charge in [-0.1, -0.05) is 23.7 Å².